The first-order valence-electron chi connectivity index (χ1n) is 12.1. The molecule has 1 N–H and O–H groups in total. The largest absolute Gasteiger partial charge is 0.479 e. The van der Waals surface area contributed by atoms with Crippen molar-refractivity contribution in [1.82, 2.24) is 9.55 Å². The van der Waals surface area contributed by atoms with E-state index in [0.29, 0.717) is 22.2 Å². The molecule has 1 fully saturated rings. The van der Waals surface area contributed by atoms with Crippen LogP contribution < -0.4 is 0 Å². The van der Waals surface area contributed by atoms with E-state index in [-0.39, 0.29) is 0 Å². The highest BCUT2D eigenvalue weighted by Gasteiger charge is 2.34. The number of aliphatic carboxylic acids is 1. The molecule has 0 saturated heterocycles. The maximum absolute atomic E-state index is 12.5. The summed E-state index contributed by atoms with van der Waals surface area (Å²) in [4.78, 5) is 17.5. The number of pyridine rings is 1. The third-order valence-corrected chi connectivity index (χ3v) is 7.24. The molecule has 1 saturated carbocycles. The fourth-order valence-electron chi connectivity index (χ4n) is 5.29. The van der Waals surface area contributed by atoms with Crippen LogP contribution in [0, 0.1) is 26.7 Å². The van der Waals surface area contributed by atoms with Crippen LogP contribution in [0.2, 0.25) is 5.02 Å². The van der Waals surface area contributed by atoms with Crippen LogP contribution in [-0.4, -0.2) is 26.2 Å². The lowest BCUT2D eigenvalue weighted by Gasteiger charge is -2.28. The number of nitrogens with zero attached hydrogens (tertiary/aromatic N) is 2. The standard InChI is InChI=1S/C28H35ClN2O3/c1-16-18(3)31(15-19-9-7-8-10-19)26-22(16)24(20-11-13-21(29)14-12-20)23(17(2)30-26)25(27(32)33)34-28(4,5)6/h11-14,19,25H,7-10,15H2,1-6H3,(H,32,33)/t25-/m0/s1. The number of hydrogen-bond acceptors (Lipinski definition) is 3. The van der Waals surface area contributed by atoms with Crippen LogP contribution in [0.25, 0.3) is 22.2 Å². The third kappa shape index (κ3) is 4.73. The van der Waals surface area contributed by atoms with Gasteiger partial charge in [0.15, 0.2) is 6.10 Å². The Labute approximate surface area is 207 Å². The van der Waals surface area contributed by atoms with Gasteiger partial charge in [-0.05, 0) is 83.6 Å². The first kappa shape index (κ1) is 24.7. The lowest BCUT2D eigenvalue weighted by atomic mass is 9.91. The Morgan fingerprint density at radius 1 is 1.18 bits per heavy atom. The Balaban J connectivity index is 2.04. The highest BCUT2D eigenvalue weighted by Crippen LogP contribution is 2.43. The molecule has 182 valence electrons. The van der Waals surface area contributed by atoms with Crippen molar-refractivity contribution in [2.45, 2.75) is 85.5 Å². The summed E-state index contributed by atoms with van der Waals surface area (Å²) in [6, 6.07) is 7.61. The lowest BCUT2D eigenvalue weighted by Crippen LogP contribution is -2.28. The minimum absolute atomic E-state index is 0.610. The van der Waals surface area contributed by atoms with Crippen LogP contribution in [0.15, 0.2) is 24.3 Å². The van der Waals surface area contributed by atoms with Crippen molar-refractivity contribution in [3.63, 3.8) is 0 Å². The number of carboxylic acid groups (broad SMARTS) is 1. The number of carboxylic acids is 1. The summed E-state index contributed by atoms with van der Waals surface area (Å²) in [5.74, 6) is -0.361. The third-order valence-electron chi connectivity index (χ3n) is 6.99. The minimum atomic E-state index is -1.14. The molecule has 1 aliphatic carbocycles. The molecule has 2 heterocycles. The molecule has 1 aromatic carbocycles. The molecule has 1 aliphatic rings. The lowest BCUT2D eigenvalue weighted by molar-refractivity contribution is -0.160. The Kier molecular flexibility index (Phi) is 6.80. The van der Waals surface area contributed by atoms with Gasteiger partial charge >= 0.3 is 5.97 Å². The van der Waals surface area contributed by atoms with Gasteiger partial charge in [0, 0.05) is 39.5 Å². The Morgan fingerprint density at radius 3 is 2.35 bits per heavy atom. The number of hydrogen-bond donors (Lipinski definition) is 1. The van der Waals surface area contributed by atoms with Gasteiger partial charge in [-0.1, -0.05) is 36.6 Å². The second-order valence-electron chi connectivity index (χ2n) is 10.6. The Bertz CT molecular complexity index is 1220. The number of rotatable bonds is 6. The summed E-state index contributed by atoms with van der Waals surface area (Å²) in [6.45, 7) is 12.7. The number of benzene rings is 1. The molecule has 1 atom stereocenters. The highest BCUT2D eigenvalue weighted by molar-refractivity contribution is 6.30. The molecular weight excluding hydrogens is 448 g/mol. The zero-order valence-electron chi connectivity index (χ0n) is 21.0. The van der Waals surface area contributed by atoms with Crippen LogP contribution in [-0.2, 0) is 16.1 Å². The fourth-order valence-corrected chi connectivity index (χ4v) is 5.42. The molecule has 0 aliphatic heterocycles. The van der Waals surface area contributed by atoms with Crippen molar-refractivity contribution >= 4 is 28.6 Å². The van der Waals surface area contributed by atoms with E-state index in [9.17, 15) is 9.90 Å². The summed E-state index contributed by atoms with van der Waals surface area (Å²) in [5, 5.41) is 11.9. The second kappa shape index (κ2) is 9.35. The van der Waals surface area contributed by atoms with E-state index in [1.165, 1.54) is 31.4 Å². The van der Waals surface area contributed by atoms with Crippen LogP contribution in [0.1, 0.15) is 75.1 Å². The molecule has 2 aromatic heterocycles. The molecule has 0 bridgehead atoms. The van der Waals surface area contributed by atoms with Crippen molar-refractivity contribution < 1.29 is 14.6 Å². The van der Waals surface area contributed by atoms with E-state index >= 15 is 0 Å². The molecular formula is C28H35ClN2O3. The smallest absolute Gasteiger partial charge is 0.337 e. The van der Waals surface area contributed by atoms with Gasteiger partial charge in [-0.15, -0.1) is 0 Å². The van der Waals surface area contributed by atoms with E-state index in [1.54, 1.807) is 0 Å². The van der Waals surface area contributed by atoms with Crippen molar-refractivity contribution in [3.8, 4) is 11.1 Å². The Hall–Kier alpha value is -2.37. The zero-order valence-corrected chi connectivity index (χ0v) is 21.8. The normalized spacial score (nSPS) is 15.9. The molecule has 0 amide bonds. The van der Waals surface area contributed by atoms with Crippen LogP contribution in [0.4, 0.5) is 0 Å². The predicted octanol–water partition coefficient (Wildman–Crippen LogP) is 7.41. The fraction of sp³-hybridized carbons (Fsp3) is 0.500. The molecule has 4 rings (SSSR count). The predicted molar refractivity (Wildman–Crippen MR) is 138 cm³/mol. The molecule has 0 radical (unpaired) electrons. The topological polar surface area (TPSA) is 64.4 Å². The number of fused-ring (bicyclic) bond motifs is 1. The van der Waals surface area contributed by atoms with Crippen molar-refractivity contribution in [2.24, 2.45) is 5.92 Å². The van der Waals surface area contributed by atoms with Crippen molar-refractivity contribution in [3.05, 3.63) is 51.8 Å². The molecule has 0 spiro atoms. The number of aromatic nitrogens is 2. The van der Waals surface area contributed by atoms with Crippen LogP contribution in [0.5, 0.6) is 0 Å². The van der Waals surface area contributed by atoms with E-state index < -0.39 is 17.7 Å². The quantitative estimate of drug-likeness (QED) is 0.397. The summed E-state index contributed by atoms with van der Waals surface area (Å²) in [7, 11) is 0. The minimum Gasteiger partial charge on any atom is -0.479 e. The van der Waals surface area contributed by atoms with Gasteiger partial charge in [0.1, 0.15) is 5.65 Å². The first-order valence-corrected chi connectivity index (χ1v) is 12.5. The summed E-state index contributed by atoms with van der Waals surface area (Å²) in [5.41, 5.74) is 5.68. The highest BCUT2D eigenvalue weighted by atomic mass is 35.5. The van der Waals surface area contributed by atoms with Gasteiger partial charge in [0.05, 0.1) is 5.60 Å². The van der Waals surface area contributed by atoms with E-state index in [1.807, 2.05) is 52.0 Å². The SMILES string of the molecule is Cc1nc2c(c(C)c(C)n2CC2CCCC2)c(-c2ccc(Cl)cc2)c1[C@H](OC(C)(C)C)C(=O)O. The van der Waals surface area contributed by atoms with Crippen molar-refractivity contribution in [1.29, 1.82) is 0 Å². The van der Waals surface area contributed by atoms with E-state index in [4.69, 9.17) is 21.3 Å². The monoisotopic (exact) mass is 482 g/mol. The maximum Gasteiger partial charge on any atom is 0.337 e. The molecule has 3 aromatic rings. The summed E-state index contributed by atoms with van der Waals surface area (Å²) >= 11 is 6.21. The molecule has 34 heavy (non-hydrogen) atoms. The summed E-state index contributed by atoms with van der Waals surface area (Å²) < 4.78 is 8.46. The molecule has 5 nitrogen and oxygen atoms in total. The average molecular weight is 483 g/mol. The number of carbonyl (C=O) groups is 1. The van der Waals surface area contributed by atoms with Crippen LogP contribution in [0.3, 0.4) is 0 Å². The number of aryl methyl sites for hydroxylation is 2. The van der Waals surface area contributed by atoms with Gasteiger partial charge in [-0.25, -0.2) is 9.78 Å². The van der Waals surface area contributed by atoms with Gasteiger partial charge in [-0.3, -0.25) is 0 Å². The van der Waals surface area contributed by atoms with Gasteiger partial charge in [-0.2, -0.15) is 0 Å². The Morgan fingerprint density at radius 2 is 1.79 bits per heavy atom. The second-order valence-corrected chi connectivity index (χ2v) is 11.0. The van der Waals surface area contributed by atoms with Gasteiger partial charge in [0.25, 0.3) is 0 Å². The maximum atomic E-state index is 12.5. The molecule has 0 unspecified atom stereocenters. The van der Waals surface area contributed by atoms with E-state index in [2.05, 4.69) is 18.4 Å². The number of ether oxygens (including phenoxy) is 1. The summed E-state index contributed by atoms with van der Waals surface area (Å²) in [6.07, 6.45) is 3.94. The van der Waals surface area contributed by atoms with Crippen LogP contribution >= 0.6 is 11.6 Å². The van der Waals surface area contributed by atoms with E-state index in [0.717, 1.165) is 34.3 Å². The first-order chi connectivity index (χ1) is 16.0. The average Bonchev–Trinajstić information content (AvgIpc) is 3.34. The zero-order chi connectivity index (χ0) is 24.8. The molecule has 6 heteroatoms. The van der Waals surface area contributed by atoms with Crippen molar-refractivity contribution in [2.75, 3.05) is 0 Å². The number of halogens is 1. The van der Waals surface area contributed by atoms with Gasteiger partial charge in [0.2, 0.25) is 0 Å². The van der Waals surface area contributed by atoms with Gasteiger partial charge < -0.3 is 14.4 Å².